The van der Waals surface area contributed by atoms with E-state index in [1.807, 2.05) is 31.2 Å². The molecule has 7 heteroatoms. The Labute approximate surface area is 175 Å². The average molecular weight is 406 g/mol. The predicted molar refractivity (Wildman–Crippen MR) is 112 cm³/mol. The quantitative estimate of drug-likeness (QED) is 0.226. The molecular weight excluding hydrogens is 384 g/mol. The van der Waals surface area contributed by atoms with Gasteiger partial charge < -0.3 is 19.5 Å². The highest BCUT2D eigenvalue weighted by Gasteiger charge is 2.13. The van der Waals surface area contributed by atoms with Gasteiger partial charge in [-0.05, 0) is 48.4 Å². The van der Waals surface area contributed by atoms with Crippen molar-refractivity contribution in [1.29, 1.82) is 5.26 Å². The van der Waals surface area contributed by atoms with Crippen molar-refractivity contribution in [3.05, 3.63) is 71.8 Å². The molecule has 1 N–H and O–H groups in total. The first-order chi connectivity index (χ1) is 14.5. The van der Waals surface area contributed by atoms with Crippen LogP contribution < -0.4 is 19.5 Å². The van der Waals surface area contributed by atoms with Crippen LogP contribution in [0, 0.1) is 18.3 Å². The van der Waals surface area contributed by atoms with Gasteiger partial charge in [0.15, 0.2) is 18.1 Å². The number of rotatable bonds is 9. The van der Waals surface area contributed by atoms with Crippen molar-refractivity contribution in [2.45, 2.75) is 6.92 Å². The second kappa shape index (κ2) is 11.1. The van der Waals surface area contributed by atoms with Crippen molar-refractivity contribution in [2.75, 3.05) is 20.3 Å². The zero-order valence-corrected chi connectivity index (χ0v) is 16.8. The Morgan fingerprint density at radius 1 is 1.20 bits per heavy atom. The van der Waals surface area contributed by atoms with Gasteiger partial charge in [0.05, 0.1) is 7.11 Å². The number of hydrogen-bond acceptors (Lipinski definition) is 6. The second-order valence-electron chi connectivity index (χ2n) is 6.16. The maximum atomic E-state index is 12.1. The van der Waals surface area contributed by atoms with Crippen molar-refractivity contribution < 1.29 is 23.8 Å². The molecule has 154 valence electrons. The molecule has 0 aliphatic carbocycles. The van der Waals surface area contributed by atoms with E-state index >= 15 is 0 Å². The summed E-state index contributed by atoms with van der Waals surface area (Å²) in [6.45, 7) is 5.41. The first kappa shape index (κ1) is 22.2. The number of benzene rings is 2. The number of nitrogens with zero attached hydrogens (tertiary/aromatic N) is 1. The van der Waals surface area contributed by atoms with Crippen molar-refractivity contribution in [2.24, 2.45) is 0 Å². The van der Waals surface area contributed by atoms with Gasteiger partial charge in [0.2, 0.25) is 0 Å². The van der Waals surface area contributed by atoms with Crippen LogP contribution in [-0.4, -0.2) is 32.1 Å². The Kier molecular flexibility index (Phi) is 8.21. The van der Waals surface area contributed by atoms with E-state index in [9.17, 15) is 14.9 Å². The van der Waals surface area contributed by atoms with Crippen LogP contribution in [0.3, 0.4) is 0 Å². The maximum Gasteiger partial charge on any atom is 0.349 e. The summed E-state index contributed by atoms with van der Waals surface area (Å²) < 4.78 is 16.0. The van der Waals surface area contributed by atoms with E-state index in [4.69, 9.17) is 14.2 Å². The Hall–Kier alpha value is -4.05. The van der Waals surface area contributed by atoms with Crippen LogP contribution in [0.1, 0.15) is 11.1 Å². The molecule has 0 heterocycles. The summed E-state index contributed by atoms with van der Waals surface area (Å²) in [7, 11) is 1.42. The van der Waals surface area contributed by atoms with E-state index in [-0.39, 0.29) is 30.2 Å². The summed E-state index contributed by atoms with van der Waals surface area (Å²) in [6, 6.07) is 13.8. The van der Waals surface area contributed by atoms with Crippen LogP contribution in [0.15, 0.2) is 60.7 Å². The number of methoxy groups -OCH3 is 1. The molecule has 2 rings (SSSR count). The first-order valence-electron chi connectivity index (χ1n) is 9.06. The zero-order chi connectivity index (χ0) is 21.9. The van der Waals surface area contributed by atoms with Gasteiger partial charge in [0.1, 0.15) is 17.4 Å². The summed E-state index contributed by atoms with van der Waals surface area (Å²) in [5, 5.41) is 11.7. The van der Waals surface area contributed by atoms with Crippen molar-refractivity contribution in [3.8, 4) is 23.3 Å². The van der Waals surface area contributed by atoms with Crippen LogP contribution in [0.25, 0.3) is 6.08 Å². The molecule has 0 atom stereocenters. The third kappa shape index (κ3) is 6.53. The van der Waals surface area contributed by atoms with Crippen LogP contribution in [-0.2, 0) is 9.59 Å². The molecule has 0 aliphatic rings. The number of amides is 1. The molecule has 7 nitrogen and oxygen atoms in total. The van der Waals surface area contributed by atoms with E-state index in [1.165, 1.54) is 25.3 Å². The Morgan fingerprint density at radius 2 is 2.00 bits per heavy atom. The lowest BCUT2D eigenvalue weighted by atomic mass is 10.1. The largest absolute Gasteiger partial charge is 0.493 e. The fraction of sp³-hybridized carbons (Fsp3) is 0.174. The monoisotopic (exact) mass is 406 g/mol. The van der Waals surface area contributed by atoms with Gasteiger partial charge >= 0.3 is 5.97 Å². The van der Waals surface area contributed by atoms with E-state index in [2.05, 4.69) is 11.9 Å². The molecule has 0 unspecified atom stereocenters. The first-order valence-corrected chi connectivity index (χ1v) is 9.06. The number of esters is 1. The fourth-order valence-corrected chi connectivity index (χ4v) is 2.43. The molecule has 0 aliphatic heterocycles. The second-order valence-corrected chi connectivity index (χ2v) is 6.16. The average Bonchev–Trinajstić information content (AvgIpc) is 2.75. The van der Waals surface area contributed by atoms with Gasteiger partial charge in [-0.1, -0.05) is 24.3 Å². The van der Waals surface area contributed by atoms with Gasteiger partial charge in [-0.25, -0.2) is 4.79 Å². The number of nitriles is 1. The van der Waals surface area contributed by atoms with Crippen LogP contribution in [0.4, 0.5) is 0 Å². The number of carbonyl (C=O) groups excluding carboxylic acids is 2. The van der Waals surface area contributed by atoms with Gasteiger partial charge in [-0.2, -0.15) is 5.26 Å². The lowest BCUT2D eigenvalue weighted by molar-refractivity contribution is -0.136. The van der Waals surface area contributed by atoms with Gasteiger partial charge in [-0.3, -0.25) is 4.79 Å². The molecule has 0 saturated heterocycles. The van der Waals surface area contributed by atoms with Crippen molar-refractivity contribution >= 4 is 18.0 Å². The molecule has 0 fully saturated rings. The van der Waals surface area contributed by atoms with E-state index in [0.717, 1.165) is 5.56 Å². The smallest absolute Gasteiger partial charge is 0.349 e. The Balaban J connectivity index is 2.08. The van der Waals surface area contributed by atoms with E-state index in [1.54, 1.807) is 18.2 Å². The minimum Gasteiger partial charge on any atom is -0.493 e. The van der Waals surface area contributed by atoms with Gasteiger partial charge in [0, 0.05) is 6.54 Å². The van der Waals surface area contributed by atoms with Crippen LogP contribution in [0.2, 0.25) is 0 Å². The minimum absolute atomic E-state index is 0.0739. The number of aryl methyl sites for hydroxylation is 1. The molecule has 2 aromatic carbocycles. The normalized spacial score (nSPS) is 10.5. The number of nitrogens with one attached hydrogen (secondary N) is 1. The highest BCUT2D eigenvalue weighted by molar-refractivity contribution is 6.01. The zero-order valence-electron chi connectivity index (χ0n) is 16.8. The number of hydrogen-bond donors (Lipinski definition) is 1. The number of carbonyl (C=O) groups is 2. The third-order valence-electron chi connectivity index (χ3n) is 3.84. The molecule has 1 amide bonds. The van der Waals surface area contributed by atoms with Gasteiger partial charge in [0.25, 0.3) is 5.91 Å². The lowest BCUT2D eigenvalue weighted by Crippen LogP contribution is -2.24. The molecule has 0 aromatic heterocycles. The molecule has 30 heavy (non-hydrogen) atoms. The molecule has 2 aromatic rings. The SMILES string of the molecule is C=CCNC(=O)/C(C#N)=C\c1ccc(OC(=O)COc2cccc(C)c2)c(OC)c1. The number of ether oxygens (including phenoxy) is 3. The van der Waals surface area contributed by atoms with Crippen LogP contribution in [0.5, 0.6) is 17.2 Å². The topological polar surface area (TPSA) is 97.7 Å². The Morgan fingerprint density at radius 3 is 2.67 bits per heavy atom. The Bertz CT molecular complexity index is 1000. The molecule has 0 spiro atoms. The minimum atomic E-state index is -0.598. The van der Waals surface area contributed by atoms with Crippen LogP contribution >= 0.6 is 0 Å². The van der Waals surface area contributed by atoms with Crippen molar-refractivity contribution in [3.63, 3.8) is 0 Å². The highest BCUT2D eigenvalue weighted by atomic mass is 16.6. The fourth-order valence-electron chi connectivity index (χ4n) is 2.43. The molecular formula is C23H22N2O5. The molecule has 0 bridgehead atoms. The summed E-state index contributed by atoms with van der Waals surface area (Å²) >= 11 is 0. The van der Waals surface area contributed by atoms with E-state index < -0.39 is 11.9 Å². The highest BCUT2D eigenvalue weighted by Crippen LogP contribution is 2.29. The summed E-state index contributed by atoms with van der Waals surface area (Å²) in [4.78, 5) is 24.1. The van der Waals surface area contributed by atoms with E-state index in [0.29, 0.717) is 11.3 Å². The summed E-state index contributed by atoms with van der Waals surface area (Å²) in [5.41, 5.74) is 1.48. The third-order valence-corrected chi connectivity index (χ3v) is 3.84. The summed E-state index contributed by atoms with van der Waals surface area (Å²) in [6.07, 6.45) is 2.93. The predicted octanol–water partition coefficient (Wildman–Crippen LogP) is 3.20. The summed E-state index contributed by atoms with van der Waals surface area (Å²) in [5.74, 6) is -0.0727. The van der Waals surface area contributed by atoms with Crippen molar-refractivity contribution in [1.82, 2.24) is 5.32 Å². The lowest BCUT2D eigenvalue weighted by Gasteiger charge is -2.11. The maximum absolute atomic E-state index is 12.1. The molecule has 0 saturated carbocycles. The van der Waals surface area contributed by atoms with Gasteiger partial charge in [-0.15, -0.1) is 6.58 Å². The standard InChI is InChI=1S/C23H22N2O5/c1-4-10-25-23(27)18(14-24)12-17-8-9-20(21(13-17)28-3)30-22(26)15-29-19-7-5-6-16(2)11-19/h4-9,11-13H,1,10,15H2,2-3H3,(H,25,27)/b18-12-. The molecule has 0 radical (unpaired) electrons.